The van der Waals surface area contributed by atoms with Gasteiger partial charge in [-0.2, -0.15) is 26.3 Å². The molecule has 0 saturated heterocycles. The summed E-state index contributed by atoms with van der Waals surface area (Å²) < 4.78 is 68.5. The second-order valence-corrected chi connectivity index (χ2v) is 12.6. The minimum absolute atomic E-state index is 0.0484. The van der Waals surface area contributed by atoms with Gasteiger partial charge in [0.05, 0.1) is 18.9 Å². The fourth-order valence-electron chi connectivity index (χ4n) is 5.69. The number of hydrogen-bond acceptors (Lipinski definition) is 7. The van der Waals surface area contributed by atoms with E-state index in [0.29, 0.717) is 18.6 Å². The number of fused-ring (bicyclic) bond motifs is 2. The number of carboxylic acids is 2. The van der Waals surface area contributed by atoms with Crippen LogP contribution < -0.4 is 30.2 Å². The second-order valence-electron chi connectivity index (χ2n) is 12.6. The molecule has 0 radical (unpaired) electrons. The third-order valence-electron chi connectivity index (χ3n) is 8.52. The Morgan fingerprint density at radius 1 is 0.875 bits per heavy atom. The number of H-pyrrole nitrogens is 4. The molecule has 1 unspecified atom stereocenters. The lowest BCUT2D eigenvalue weighted by Crippen LogP contribution is -2.37. The third-order valence-corrected chi connectivity index (χ3v) is 8.52. The quantitative estimate of drug-likeness (QED) is 0.115. The molecule has 302 valence electrons. The van der Waals surface area contributed by atoms with E-state index < -0.39 is 24.3 Å². The lowest BCUT2D eigenvalue weighted by Gasteiger charge is -2.14. The Balaban J connectivity index is 0.000000512. The van der Waals surface area contributed by atoms with E-state index in [1.807, 2.05) is 51.2 Å². The number of pyridine rings is 1. The summed E-state index contributed by atoms with van der Waals surface area (Å²) in [6, 6.07) is 16.1. The summed E-state index contributed by atoms with van der Waals surface area (Å²) in [5.41, 5.74) is 7.14. The molecule has 0 aliphatic rings. The van der Waals surface area contributed by atoms with Crippen LogP contribution in [-0.2, 0) is 25.6 Å². The Bertz CT molecular complexity index is 2120. The molecule has 0 aliphatic carbocycles. The Morgan fingerprint density at radius 3 is 2.14 bits per heavy atom. The van der Waals surface area contributed by atoms with Gasteiger partial charge in [0.15, 0.2) is 11.4 Å². The maximum atomic E-state index is 13.5. The molecule has 18 heteroatoms. The molecule has 3 heterocycles. The number of nitrogens with one attached hydrogen (secondary N) is 5. The smallest absolute Gasteiger partial charge is 0.430 e. The maximum absolute atomic E-state index is 13.5. The summed E-state index contributed by atoms with van der Waals surface area (Å²) >= 11 is 0. The zero-order valence-corrected chi connectivity index (χ0v) is 30.8. The zero-order chi connectivity index (χ0) is 41.8. The molecule has 1 amide bonds. The number of imidazole rings is 1. The standard InChI is InChI=1S/C34H39N5O3.2C2HF3O2/c1-5-23(40)10-7-6-8-12-31(38-33(41)19-27-22(3)37-30-17-15-24(42-4)18-28(27)30)34-35-20-32(39-34)25-11-9-13-29-26(25)16-14-21(2)36-29;2*3-2(4,5)1(6)7/h9,11,13-18,20,31,37H,5-8,10,12,19H2,1-4H3,(H,35,39)(H,38,41);2*(H,6,7). The molecule has 3 aromatic heterocycles. The van der Waals surface area contributed by atoms with Crippen molar-refractivity contribution in [3.05, 3.63) is 77.5 Å². The minimum Gasteiger partial charge on any atom is -0.542 e. The number of aryl methyl sites for hydroxylation is 2. The van der Waals surface area contributed by atoms with Crippen LogP contribution in [0.3, 0.4) is 0 Å². The number of carboxylic acid groups (broad SMARTS) is 2. The highest BCUT2D eigenvalue weighted by molar-refractivity contribution is 5.92. The normalized spacial score (nSPS) is 11.9. The van der Waals surface area contributed by atoms with Crippen LogP contribution in [0.25, 0.3) is 33.1 Å². The minimum atomic E-state index is -5.19. The van der Waals surface area contributed by atoms with Gasteiger partial charge in [-0.3, -0.25) is 9.59 Å². The summed E-state index contributed by atoms with van der Waals surface area (Å²) in [4.78, 5) is 56.6. The topological polar surface area (TPSA) is 196 Å². The number of alkyl halides is 6. The van der Waals surface area contributed by atoms with Crippen molar-refractivity contribution in [2.75, 3.05) is 7.11 Å². The predicted molar refractivity (Wildman–Crippen MR) is 186 cm³/mol. The fourth-order valence-corrected chi connectivity index (χ4v) is 5.69. The third kappa shape index (κ3) is 12.8. The number of ketones is 1. The number of rotatable bonds is 13. The number of hydrogen-bond donors (Lipinski definition) is 3. The number of amides is 1. The van der Waals surface area contributed by atoms with Crippen LogP contribution in [0, 0.1) is 13.8 Å². The lowest BCUT2D eigenvalue weighted by atomic mass is 10.0. The van der Waals surface area contributed by atoms with Gasteiger partial charge < -0.3 is 34.8 Å². The van der Waals surface area contributed by atoms with Gasteiger partial charge >= 0.3 is 12.4 Å². The highest BCUT2D eigenvalue weighted by Crippen LogP contribution is 2.29. The largest absolute Gasteiger partial charge is 0.542 e. The van der Waals surface area contributed by atoms with E-state index in [2.05, 4.69) is 49.5 Å². The molecule has 5 aromatic rings. The summed E-state index contributed by atoms with van der Waals surface area (Å²) in [5, 5.41) is 23.0. The van der Waals surface area contributed by atoms with Crippen molar-refractivity contribution in [3.8, 4) is 17.0 Å². The first-order chi connectivity index (χ1) is 26.2. The monoisotopic (exact) mass is 793 g/mol. The fraction of sp³-hybridized carbons (Fsp3) is 0.368. The van der Waals surface area contributed by atoms with Gasteiger partial charge in [-0.05, 0) is 55.7 Å². The Kier molecular flexibility index (Phi) is 15.6. The highest BCUT2D eigenvalue weighted by Gasteiger charge is 2.29. The van der Waals surface area contributed by atoms with Crippen molar-refractivity contribution in [1.29, 1.82) is 0 Å². The van der Waals surface area contributed by atoms with Gasteiger partial charge in [0.2, 0.25) is 11.4 Å². The number of halogens is 6. The average molecular weight is 794 g/mol. The van der Waals surface area contributed by atoms with Crippen LogP contribution in [0.5, 0.6) is 5.75 Å². The van der Waals surface area contributed by atoms with Gasteiger partial charge in [-0.25, -0.2) is 15.0 Å². The van der Waals surface area contributed by atoms with Gasteiger partial charge in [0.1, 0.15) is 35.7 Å². The van der Waals surface area contributed by atoms with E-state index in [1.54, 1.807) is 7.11 Å². The van der Waals surface area contributed by atoms with E-state index in [9.17, 15) is 35.9 Å². The zero-order valence-electron chi connectivity index (χ0n) is 30.8. The summed E-state index contributed by atoms with van der Waals surface area (Å²) in [7, 11) is 1.65. The van der Waals surface area contributed by atoms with Crippen molar-refractivity contribution < 1.29 is 70.4 Å². The highest BCUT2D eigenvalue weighted by atomic mass is 19.4. The number of Topliss-reactive ketones (excluding diaryl/α,β-unsaturated/α-hetero) is 1. The van der Waals surface area contributed by atoms with Crippen LogP contribution in [0.2, 0.25) is 0 Å². The number of aromatic nitrogens is 4. The van der Waals surface area contributed by atoms with E-state index in [-0.39, 0.29) is 18.4 Å². The molecule has 12 nitrogen and oxygen atoms in total. The Morgan fingerprint density at radius 2 is 1.54 bits per heavy atom. The van der Waals surface area contributed by atoms with Gasteiger partial charge in [-0.1, -0.05) is 25.8 Å². The second kappa shape index (κ2) is 19.6. The summed E-state index contributed by atoms with van der Waals surface area (Å²) in [5.74, 6) is -4.14. The molecule has 0 fully saturated rings. The van der Waals surface area contributed by atoms with Crippen LogP contribution >= 0.6 is 0 Å². The van der Waals surface area contributed by atoms with Crippen molar-refractivity contribution in [1.82, 2.24) is 15.3 Å². The first-order valence-electron chi connectivity index (χ1n) is 17.3. The first kappa shape index (κ1) is 44.5. The molecule has 0 aliphatic heterocycles. The first-order valence-corrected chi connectivity index (χ1v) is 17.3. The molecule has 56 heavy (non-hydrogen) atoms. The molecular weight excluding hydrogens is 752 g/mol. The number of carbonyl (C=O) groups is 4. The van der Waals surface area contributed by atoms with E-state index in [0.717, 1.165) is 87.3 Å². The number of aliphatic carboxylic acids is 2. The van der Waals surface area contributed by atoms with Crippen LogP contribution in [0.1, 0.15) is 74.3 Å². The van der Waals surface area contributed by atoms with Gasteiger partial charge in [0, 0.05) is 54.1 Å². The van der Waals surface area contributed by atoms with Crippen LogP contribution in [-0.4, -0.2) is 53.1 Å². The van der Waals surface area contributed by atoms with Crippen molar-refractivity contribution >= 4 is 45.4 Å². The molecule has 2 aromatic carbocycles. The van der Waals surface area contributed by atoms with E-state index >= 15 is 0 Å². The molecule has 0 spiro atoms. The van der Waals surface area contributed by atoms with Crippen LogP contribution in [0.4, 0.5) is 26.3 Å². The summed E-state index contributed by atoms with van der Waals surface area (Å²) in [6.07, 6.45) is -3.50. The molecule has 1 atom stereocenters. The van der Waals surface area contributed by atoms with Crippen molar-refractivity contribution in [2.45, 2.75) is 84.1 Å². The average Bonchev–Trinajstić information content (AvgIpc) is 3.74. The van der Waals surface area contributed by atoms with Gasteiger partial charge in [-0.15, -0.1) is 0 Å². The number of methoxy groups -OCH3 is 1. The Labute approximate surface area is 316 Å². The van der Waals surface area contributed by atoms with E-state index in [4.69, 9.17) is 24.5 Å². The molecule has 5 rings (SSSR count). The number of carbonyl (C=O) groups excluding carboxylic acids is 4. The molecule has 5 N–H and O–H groups in total. The number of unbranched alkanes of at least 4 members (excludes halogenated alkanes) is 2. The SMILES string of the molecule is CCC(=O)CCCCCC(NC(=O)Cc1c(C)[nH]c2ccc(OC)cc12)c1[nH]c(-c2cccc3[nH+]c(C)ccc23)c[nH+]1.O=C([O-])C(F)(F)F.O=C([O-])C(F)(F)F. The Hall–Kier alpha value is -5.94. The van der Waals surface area contributed by atoms with E-state index in [1.165, 1.54) is 0 Å². The molecule has 0 bridgehead atoms. The maximum Gasteiger partial charge on any atom is 0.430 e. The number of benzene rings is 2. The molecule has 0 saturated carbocycles. The van der Waals surface area contributed by atoms with Crippen molar-refractivity contribution in [2.24, 2.45) is 0 Å². The lowest BCUT2D eigenvalue weighted by molar-refractivity contribution is -0.391. The summed E-state index contributed by atoms with van der Waals surface area (Å²) in [6.45, 7) is 5.96. The van der Waals surface area contributed by atoms with Gasteiger partial charge in [0.25, 0.3) is 5.82 Å². The predicted octanol–water partition coefficient (Wildman–Crippen LogP) is 4.50. The van der Waals surface area contributed by atoms with Crippen LogP contribution in [0.15, 0.2) is 54.7 Å². The number of ether oxygens (including phenoxy) is 1. The number of aromatic amines is 4. The molecular formula is C38H41F6N5O7. The van der Waals surface area contributed by atoms with Crippen molar-refractivity contribution in [3.63, 3.8) is 0 Å².